The third-order valence-electron chi connectivity index (χ3n) is 5.79. The topological polar surface area (TPSA) is 37.6 Å². The highest BCUT2D eigenvalue weighted by Gasteiger charge is 2.24. The zero-order chi connectivity index (χ0) is 19.1. The van der Waals surface area contributed by atoms with Gasteiger partial charge in [0, 0.05) is 44.7 Å². The minimum Gasteiger partial charge on any atom is -0.389 e. The molecule has 1 aliphatic carbocycles. The van der Waals surface area contributed by atoms with Crippen LogP contribution in [0.4, 0.5) is 0 Å². The number of ether oxygens (including phenoxy) is 1. The monoisotopic (exact) mass is 370 g/mol. The molecule has 148 valence electrons. The molecule has 1 heterocycles. The molecule has 1 aromatic carbocycles. The Kier molecular flexibility index (Phi) is 7.50. The average molecular weight is 371 g/mol. The first-order chi connectivity index (χ1) is 13.2. The molecule has 0 radical (unpaired) electrons. The number of aliphatic hydroxyl groups is 1. The van der Waals surface area contributed by atoms with Crippen LogP contribution < -0.4 is 0 Å². The Labute approximate surface area is 163 Å². The SMILES string of the molecule is COCC(O)CN(Cc1cccn1Cc1ccccc1C)C1CCCCC1. The molecular weight excluding hydrogens is 336 g/mol. The van der Waals surface area contributed by atoms with Gasteiger partial charge in [-0.2, -0.15) is 0 Å². The van der Waals surface area contributed by atoms with Gasteiger partial charge in [0.05, 0.1) is 12.7 Å². The first-order valence-electron chi connectivity index (χ1n) is 10.3. The molecule has 0 saturated heterocycles. The zero-order valence-electron chi connectivity index (χ0n) is 16.8. The van der Waals surface area contributed by atoms with Crippen LogP contribution in [-0.4, -0.2) is 47.0 Å². The second kappa shape index (κ2) is 10.1. The summed E-state index contributed by atoms with van der Waals surface area (Å²) in [5, 5.41) is 10.3. The summed E-state index contributed by atoms with van der Waals surface area (Å²) in [5.74, 6) is 0. The Morgan fingerprint density at radius 3 is 2.67 bits per heavy atom. The van der Waals surface area contributed by atoms with E-state index in [-0.39, 0.29) is 0 Å². The predicted molar refractivity (Wildman–Crippen MR) is 110 cm³/mol. The highest BCUT2D eigenvalue weighted by Crippen LogP contribution is 2.25. The molecule has 1 aliphatic rings. The van der Waals surface area contributed by atoms with Gasteiger partial charge in [-0.15, -0.1) is 0 Å². The van der Waals surface area contributed by atoms with Crippen molar-refractivity contribution in [2.24, 2.45) is 0 Å². The molecule has 4 heteroatoms. The number of aliphatic hydroxyl groups excluding tert-OH is 1. The van der Waals surface area contributed by atoms with Crippen LogP contribution in [0.2, 0.25) is 0 Å². The molecule has 1 aromatic heterocycles. The number of nitrogens with zero attached hydrogens (tertiary/aromatic N) is 2. The Bertz CT molecular complexity index is 691. The summed E-state index contributed by atoms with van der Waals surface area (Å²) in [6, 6.07) is 13.5. The quantitative estimate of drug-likeness (QED) is 0.725. The number of methoxy groups -OCH3 is 1. The van der Waals surface area contributed by atoms with E-state index in [9.17, 15) is 5.11 Å². The fourth-order valence-electron chi connectivity index (χ4n) is 4.23. The summed E-state index contributed by atoms with van der Waals surface area (Å²) in [6.07, 6.45) is 8.14. The second-order valence-electron chi connectivity index (χ2n) is 7.88. The van der Waals surface area contributed by atoms with E-state index in [1.165, 1.54) is 48.9 Å². The van der Waals surface area contributed by atoms with E-state index in [2.05, 4.69) is 59.0 Å². The van der Waals surface area contributed by atoms with Crippen molar-refractivity contribution in [2.75, 3.05) is 20.3 Å². The van der Waals surface area contributed by atoms with E-state index in [1.54, 1.807) is 7.11 Å². The minimum absolute atomic E-state index is 0.396. The number of hydrogen-bond acceptors (Lipinski definition) is 3. The van der Waals surface area contributed by atoms with Gasteiger partial charge in [-0.1, -0.05) is 43.5 Å². The minimum atomic E-state index is -0.434. The maximum atomic E-state index is 10.3. The summed E-state index contributed by atoms with van der Waals surface area (Å²) in [4.78, 5) is 2.48. The maximum absolute atomic E-state index is 10.3. The number of hydrogen-bond donors (Lipinski definition) is 1. The van der Waals surface area contributed by atoms with Crippen LogP contribution in [0.3, 0.4) is 0 Å². The van der Waals surface area contributed by atoms with Gasteiger partial charge in [-0.3, -0.25) is 4.90 Å². The van der Waals surface area contributed by atoms with Gasteiger partial charge in [-0.05, 0) is 43.0 Å². The number of benzene rings is 1. The van der Waals surface area contributed by atoms with Crippen LogP contribution in [0, 0.1) is 6.92 Å². The maximum Gasteiger partial charge on any atom is 0.0900 e. The molecule has 2 aromatic rings. The Balaban J connectivity index is 1.73. The van der Waals surface area contributed by atoms with Gasteiger partial charge in [-0.25, -0.2) is 0 Å². The van der Waals surface area contributed by atoms with E-state index in [0.717, 1.165) is 13.1 Å². The number of rotatable bonds is 9. The van der Waals surface area contributed by atoms with E-state index < -0.39 is 6.10 Å². The Morgan fingerprint density at radius 2 is 1.93 bits per heavy atom. The van der Waals surface area contributed by atoms with Crippen molar-refractivity contribution in [1.29, 1.82) is 0 Å². The molecule has 1 fully saturated rings. The zero-order valence-corrected chi connectivity index (χ0v) is 16.8. The first-order valence-corrected chi connectivity index (χ1v) is 10.3. The lowest BCUT2D eigenvalue weighted by Gasteiger charge is -2.35. The summed E-state index contributed by atoms with van der Waals surface area (Å²) in [6.45, 7) is 5.02. The molecule has 1 atom stereocenters. The van der Waals surface area contributed by atoms with Gasteiger partial charge in [0.2, 0.25) is 0 Å². The van der Waals surface area contributed by atoms with Crippen LogP contribution in [-0.2, 0) is 17.8 Å². The molecule has 0 bridgehead atoms. The van der Waals surface area contributed by atoms with Crippen LogP contribution in [0.1, 0.15) is 48.9 Å². The van der Waals surface area contributed by atoms with Gasteiger partial charge in [0.1, 0.15) is 0 Å². The van der Waals surface area contributed by atoms with Crippen molar-refractivity contribution in [3.63, 3.8) is 0 Å². The van der Waals surface area contributed by atoms with Crippen molar-refractivity contribution in [2.45, 2.75) is 64.3 Å². The molecule has 0 aliphatic heterocycles. The van der Waals surface area contributed by atoms with Gasteiger partial charge in [0.15, 0.2) is 0 Å². The van der Waals surface area contributed by atoms with Gasteiger partial charge < -0.3 is 14.4 Å². The standard InChI is InChI=1S/C23H34N2O2/c1-19-9-6-7-10-20(19)15-24-14-8-13-22(24)16-25(17-23(26)18-27-2)21-11-4-3-5-12-21/h6-10,13-14,21,23,26H,3-5,11-12,15-18H2,1-2H3. The summed E-state index contributed by atoms with van der Waals surface area (Å²) >= 11 is 0. The fraction of sp³-hybridized carbons (Fsp3) is 0.565. The molecule has 4 nitrogen and oxygen atoms in total. The van der Waals surface area contributed by atoms with Crippen LogP contribution >= 0.6 is 0 Å². The molecule has 1 saturated carbocycles. The predicted octanol–water partition coefficient (Wildman–Crippen LogP) is 3.99. The molecule has 0 spiro atoms. The molecule has 0 amide bonds. The lowest BCUT2D eigenvalue weighted by atomic mass is 9.94. The van der Waals surface area contributed by atoms with Gasteiger partial charge >= 0.3 is 0 Å². The largest absolute Gasteiger partial charge is 0.389 e. The van der Waals surface area contributed by atoms with E-state index in [0.29, 0.717) is 19.2 Å². The normalized spacial score (nSPS) is 16.7. The third kappa shape index (κ3) is 5.68. The van der Waals surface area contributed by atoms with Crippen molar-refractivity contribution >= 4 is 0 Å². The average Bonchev–Trinajstić information content (AvgIpc) is 3.11. The van der Waals surface area contributed by atoms with Crippen LogP contribution in [0.25, 0.3) is 0 Å². The smallest absolute Gasteiger partial charge is 0.0900 e. The molecule has 1 N–H and O–H groups in total. The summed E-state index contributed by atoms with van der Waals surface area (Å²) < 4.78 is 7.51. The van der Waals surface area contributed by atoms with E-state index in [4.69, 9.17) is 4.74 Å². The Morgan fingerprint density at radius 1 is 1.15 bits per heavy atom. The Hall–Kier alpha value is -1.62. The summed E-state index contributed by atoms with van der Waals surface area (Å²) in [7, 11) is 1.65. The highest BCUT2D eigenvalue weighted by atomic mass is 16.5. The molecule has 3 rings (SSSR count). The first kappa shape index (κ1) is 20.1. The van der Waals surface area contributed by atoms with Gasteiger partial charge in [0.25, 0.3) is 0 Å². The third-order valence-corrected chi connectivity index (χ3v) is 5.79. The van der Waals surface area contributed by atoms with Crippen LogP contribution in [0.15, 0.2) is 42.6 Å². The second-order valence-corrected chi connectivity index (χ2v) is 7.88. The fourth-order valence-corrected chi connectivity index (χ4v) is 4.23. The lowest BCUT2D eigenvalue weighted by molar-refractivity contribution is 0.0174. The summed E-state index contributed by atoms with van der Waals surface area (Å²) in [5.41, 5.74) is 4.00. The van der Waals surface area contributed by atoms with Crippen molar-refractivity contribution in [3.8, 4) is 0 Å². The molecular formula is C23H34N2O2. The molecule has 1 unspecified atom stereocenters. The number of aromatic nitrogens is 1. The van der Waals surface area contributed by atoms with E-state index in [1.807, 2.05) is 0 Å². The van der Waals surface area contributed by atoms with Crippen molar-refractivity contribution in [1.82, 2.24) is 9.47 Å². The van der Waals surface area contributed by atoms with Crippen molar-refractivity contribution < 1.29 is 9.84 Å². The van der Waals surface area contributed by atoms with E-state index >= 15 is 0 Å². The number of aryl methyl sites for hydroxylation is 1. The lowest BCUT2D eigenvalue weighted by Crippen LogP contribution is -2.42. The van der Waals surface area contributed by atoms with Crippen LogP contribution in [0.5, 0.6) is 0 Å². The molecule has 27 heavy (non-hydrogen) atoms. The highest BCUT2D eigenvalue weighted by molar-refractivity contribution is 5.26. The van der Waals surface area contributed by atoms with Crippen molar-refractivity contribution in [3.05, 3.63) is 59.4 Å².